The van der Waals surface area contributed by atoms with E-state index in [0.717, 1.165) is 18.7 Å². The van der Waals surface area contributed by atoms with Gasteiger partial charge in [-0.25, -0.2) is 0 Å². The van der Waals surface area contributed by atoms with E-state index in [1.165, 1.54) is 44.4 Å². The smallest absolute Gasteiger partial charge is 0.122 e. The molecule has 26 heavy (non-hydrogen) atoms. The van der Waals surface area contributed by atoms with Crippen LogP contribution in [0.15, 0.2) is 30.3 Å². The standard InChI is InChI=1S/C23H28N2O/c1-13(2)17-12-18(15(4)11-21(17)26-5)22-23-16(8-9-24-22)19-10-14(3)6-7-20(19)25-23/h6-7,10-13,22,24-25H,8-9H2,1-5H3. The van der Waals surface area contributed by atoms with E-state index in [1.807, 2.05) is 0 Å². The molecule has 1 atom stereocenters. The second-order valence-corrected chi connectivity index (χ2v) is 7.81. The van der Waals surface area contributed by atoms with E-state index >= 15 is 0 Å². The second-order valence-electron chi connectivity index (χ2n) is 7.81. The lowest BCUT2D eigenvalue weighted by Gasteiger charge is -2.27. The average molecular weight is 348 g/mol. The molecule has 0 spiro atoms. The fraction of sp³-hybridized carbons (Fsp3) is 0.391. The number of methoxy groups -OCH3 is 1. The van der Waals surface area contributed by atoms with Crippen LogP contribution in [-0.2, 0) is 6.42 Å². The van der Waals surface area contributed by atoms with Crippen LogP contribution < -0.4 is 10.1 Å². The molecule has 1 unspecified atom stereocenters. The first-order chi connectivity index (χ1) is 12.5. The number of aryl methyl sites for hydroxylation is 2. The predicted octanol–water partition coefficient (Wildman–Crippen LogP) is 5.15. The highest BCUT2D eigenvalue weighted by Crippen LogP contribution is 2.38. The van der Waals surface area contributed by atoms with Gasteiger partial charge in [0, 0.05) is 23.1 Å². The molecule has 4 rings (SSSR count). The van der Waals surface area contributed by atoms with Crippen LogP contribution in [0.5, 0.6) is 5.75 Å². The number of ether oxygens (including phenoxy) is 1. The Morgan fingerprint density at radius 1 is 1.12 bits per heavy atom. The summed E-state index contributed by atoms with van der Waals surface area (Å²) in [5.41, 5.74) is 9.23. The van der Waals surface area contributed by atoms with Gasteiger partial charge >= 0.3 is 0 Å². The molecule has 3 heteroatoms. The maximum atomic E-state index is 5.63. The first kappa shape index (κ1) is 17.2. The number of H-pyrrole nitrogens is 1. The van der Waals surface area contributed by atoms with E-state index < -0.39 is 0 Å². The first-order valence-corrected chi connectivity index (χ1v) is 9.52. The minimum Gasteiger partial charge on any atom is -0.496 e. The summed E-state index contributed by atoms with van der Waals surface area (Å²) in [7, 11) is 1.76. The molecule has 2 N–H and O–H groups in total. The topological polar surface area (TPSA) is 37.0 Å². The Balaban J connectivity index is 1.88. The molecule has 2 aromatic carbocycles. The highest BCUT2D eigenvalue weighted by molar-refractivity contribution is 5.86. The van der Waals surface area contributed by atoms with Gasteiger partial charge in [0.15, 0.2) is 0 Å². The van der Waals surface area contributed by atoms with Crippen molar-refractivity contribution in [3.63, 3.8) is 0 Å². The minimum absolute atomic E-state index is 0.204. The number of aromatic nitrogens is 1. The lowest BCUT2D eigenvalue weighted by molar-refractivity contribution is 0.406. The molecular weight excluding hydrogens is 320 g/mol. The monoisotopic (exact) mass is 348 g/mol. The zero-order valence-electron chi connectivity index (χ0n) is 16.4. The summed E-state index contributed by atoms with van der Waals surface area (Å²) in [5, 5.41) is 5.12. The highest BCUT2D eigenvalue weighted by Gasteiger charge is 2.27. The maximum Gasteiger partial charge on any atom is 0.122 e. The number of aromatic amines is 1. The molecule has 0 saturated heterocycles. The second kappa shape index (κ2) is 6.48. The lowest BCUT2D eigenvalue weighted by atomic mass is 9.88. The Labute approximate surface area is 155 Å². The molecule has 2 heterocycles. The van der Waals surface area contributed by atoms with Gasteiger partial charge in [-0.1, -0.05) is 25.5 Å². The van der Waals surface area contributed by atoms with Gasteiger partial charge < -0.3 is 15.0 Å². The van der Waals surface area contributed by atoms with Crippen LogP contribution in [0.2, 0.25) is 0 Å². The first-order valence-electron chi connectivity index (χ1n) is 9.52. The third-order valence-electron chi connectivity index (χ3n) is 5.66. The molecule has 1 aliphatic heterocycles. The Morgan fingerprint density at radius 3 is 2.65 bits per heavy atom. The van der Waals surface area contributed by atoms with Gasteiger partial charge in [-0.15, -0.1) is 0 Å². The molecule has 136 valence electrons. The molecule has 0 radical (unpaired) electrons. The fourth-order valence-electron chi connectivity index (χ4n) is 4.26. The van der Waals surface area contributed by atoms with Crippen molar-refractivity contribution >= 4 is 10.9 Å². The number of hydrogen-bond acceptors (Lipinski definition) is 2. The SMILES string of the molecule is COc1cc(C)c(C2NCCc3c2[nH]c2ccc(C)cc32)cc1C(C)C. The number of rotatable bonds is 3. The summed E-state index contributed by atoms with van der Waals surface area (Å²) in [6, 6.07) is 11.4. The van der Waals surface area contributed by atoms with E-state index in [9.17, 15) is 0 Å². The van der Waals surface area contributed by atoms with Gasteiger partial charge in [-0.05, 0) is 72.7 Å². The summed E-state index contributed by atoms with van der Waals surface area (Å²) in [4.78, 5) is 3.70. The number of benzene rings is 2. The summed E-state index contributed by atoms with van der Waals surface area (Å²) >= 11 is 0. The number of fused-ring (bicyclic) bond motifs is 3. The minimum atomic E-state index is 0.204. The quantitative estimate of drug-likeness (QED) is 0.687. The van der Waals surface area contributed by atoms with Crippen molar-refractivity contribution in [2.24, 2.45) is 0 Å². The van der Waals surface area contributed by atoms with Crippen molar-refractivity contribution in [1.29, 1.82) is 0 Å². The summed E-state index contributed by atoms with van der Waals surface area (Å²) in [5.74, 6) is 1.42. The van der Waals surface area contributed by atoms with Crippen LogP contribution in [0.3, 0.4) is 0 Å². The van der Waals surface area contributed by atoms with E-state index in [-0.39, 0.29) is 6.04 Å². The molecular formula is C23H28N2O. The molecule has 0 aliphatic carbocycles. The van der Waals surface area contributed by atoms with Gasteiger partial charge in [-0.3, -0.25) is 0 Å². The van der Waals surface area contributed by atoms with E-state index in [4.69, 9.17) is 4.74 Å². The zero-order valence-corrected chi connectivity index (χ0v) is 16.4. The lowest BCUT2D eigenvalue weighted by Crippen LogP contribution is -2.31. The molecule has 3 nitrogen and oxygen atoms in total. The molecule has 3 aromatic rings. The molecule has 0 bridgehead atoms. The normalized spacial score (nSPS) is 16.9. The van der Waals surface area contributed by atoms with Crippen LogP contribution in [0.25, 0.3) is 10.9 Å². The van der Waals surface area contributed by atoms with Crippen molar-refractivity contribution in [2.75, 3.05) is 13.7 Å². The predicted molar refractivity (Wildman–Crippen MR) is 108 cm³/mol. The molecule has 1 aliphatic rings. The van der Waals surface area contributed by atoms with Crippen molar-refractivity contribution < 1.29 is 4.74 Å². The summed E-state index contributed by atoms with van der Waals surface area (Å²) in [6.45, 7) is 9.80. The van der Waals surface area contributed by atoms with Crippen molar-refractivity contribution in [1.82, 2.24) is 10.3 Å². The van der Waals surface area contributed by atoms with Crippen molar-refractivity contribution in [2.45, 2.75) is 46.1 Å². The van der Waals surface area contributed by atoms with Crippen LogP contribution in [0.1, 0.15) is 59.3 Å². The van der Waals surface area contributed by atoms with Gasteiger partial charge in [0.2, 0.25) is 0 Å². The number of nitrogens with one attached hydrogen (secondary N) is 2. The van der Waals surface area contributed by atoms with Crippen molar-refractivity contribution in [3.05, 3.63) is 63.8 Å². The number of hydrogen-bond donors (Lipinski definition) is 2. The Hall–Kier alpha value is -2.26. The van der Waals surface area contributed by atoms with Crippen LogP contribution in [-0.4, -0.2) is 18.6 Å². The van der Waals surface area contributed by atoms with Crippen LogP contribution in [0, 0.1) is 13.8 Å². The third-order valence-corrected chi connectivity index (χ3v) is 5.66. The van der Waals surface area contributed by atoms with E-state index in [2.05, 4.69) is 68.3 Å². The Kier molecular flexibility index (Phi) is 4.28. The average Bonchev–Trinajstić information content (AvgIpc) is 2.99. The molecule has 0 amide bonds. The van der Waals surface area contributed by atoms with Gasteiger partial charge in [-0.2, -0.15) is 0 Å². The van der Waals surface area contributed by atoms with Gasteiger partial charge in [0.25, 0.3) is 0 Å². The Bertz CT molecular complexity index is 968. The summed E-state index contributed by atoms with van der Waals surface area (Å²) in [6.07, 6.45) is 1.07. The highest BCUT2D eigenvalue weighted by atomic mass is 16.5. The van der Waals surface area contributed by atoms with E-state index in [0.29, 0.717) is 5.92 Å². The van der Waals surface area contributed by atoms with Crippen molar-refractivity contribution in [3.8, 4) is 5.75 Å². The third kappa shape index (κ3) is 2.71. The van der Waals surface area contributed by atoms with Crippen LogP contribution in [0.4, 0.5) is 0 Å². The van der Waals surface area contributed by atoms with E-state index in [1.54, 1.807) is 7.11 Å². The fourth-order valence-corrected chi connectivity index (χ4v) is 4.26. The van der Waals surface area contributed by atoms with Gasteiger partial charge in [0.1, 0.15) is 5.75 Å². The Morgan fingerprint density at radius 2 is 1.92 bits per heavy atom. The summed E-state index contributed by atoms with van der Waals surface area (Å²) < 4.78 is 5.63. The largest absolute Gasteiger partial charge is 0.496 e. The molecule has 0 fully saturated rings. The zero-order chi connectivity index (χ0) is 18.4. The maximum absolute atomic E-state index is 5.63. The van der Waals surface area contributed by atoms with Gasteiger partial charge in [0.05, 0.1) is 13.2 Å². The molecule has 1 aromatic heterocycles. The molecule has 0 saturated carbocycles. The van der Waals surface area contributed by atoms with Crippen LogP contribution >= 0.6 is 0 Å².